The molecule has 0 heterocycles. The fourth-order valence-electron chi connectivity index (χ4n) is 3.23. The van der Waals surface area contributed by atoms with Crippen LogP contribution in [0.15, 0.2) is 72.8 Å². The molecule has 0 aliphatic carbocycles. The first-order valence-electron chi connectivity index (χ1n) is 9.79. The van der Waals surface area contributed by atoms with Crippen molar-refractivity contribution < 1.29 is 0 Å². The highest BCUT2D eigenvalue weighted by Crippen LogP contribution is 2.38. The summed E-state index contributed by atoms with van der Waals surface area (Å²) in [6, 6.07) is 22.9. The number of hydrogen-bond donors (Lipinski definition) is 8. The Morgan fingerprint density at radius 2 is 0.667 bits per heavy atom. The largest absolute Gasteiger partial charge is 0.397 e. The van der Waals surface area contributed by atoms with Crippen LogP contribution in [0.25, 0.3) is 22.3 Å². The summed E-state index contributed by atoms with van der Waals surface area (Å²) in [4.78, 5) is 0. The molecule has 16 N–H and O–H groups in total. The number of nitrogen functional groups attached to an aromatic ring is 8. The summed E-state index contributed by atoms with van der Waals surface area (Å²) in [7, 11) is 0. The van der Waals surface area contributed by atoms with Gasteiger partial charge in [-0.2, -0.15) is 13.5 Å². The second-order valence-corrected chi connectivity index (χ2v) is 7.24. The van der Waals surface area contributed by atoms with Gasteiger partial charge in [0.1, 0.15) is 0 Å². The second-order valence-electron chi connectivity index (χ2n) is 7.24. The Kier molecular flexibility index (Phi) is 7.77. The lowest BCUT2D eigenvalue weighted by Gasteiger charge is -2.13. The van der Waals surface area contributed by atoms with Crippen molar-refractivity contribution in [2.24, 2.45) is 0 Å². The molecule has 9 heteroatoms. The van der Waals surface area contributed by atoms with E-state index >= 15 is 0 Å². The van der Waals surface area contributed by atoms with Gasteiger partial charge in [-0.15, -0.1) is 0 Å². The normalized spacial score (nSPS) is 9.94. The fraction of sp³-hybridized carbons (Fsp3) is 0. The predicted octanol–water partition coefficient (Wildman–Crippen LogP) is 3.48. The summed E-state index contributed by atoms with van der Waals surface area (Å²) in [5, 5.41) is 0. The van der Waals surface area contributed by atoms with Crippen LogP contribution < -0.4 is 45.9 Å². The van der Waals surface area contributed by atoms with Crippen LogP contribution in [0.4, 0.5) is 45.5 Å². The molecule has 172 valence electrons. The molecule has 0 saturated carbocycles. The van der Waals surface area contributed by atoms with Crippen LogP contribution in [0.1, 0.15) is 0 Å². The maximum Gasteiger partial charge on any atom is 0.0809 e. The molecule has 4 aromatic rings. The maximum absolute atomic E-state index is 5.92. The molecule has 0 spiro atoms. The van der Waals surface area contributed by atoms with E-state index in [4.69, 9.17) is 45.9 Å². The van der Waals surface area contributed by atoms with E-state index in [1.54, 1.807) is 12.1 Å². The van der Waals surface area contributed by atoms with E-state index in [2.05, 4.69) is 0 Å². The third kappa shape index (κ3) is 5.10. The van der Waals surface area contributed by atoms with Crippen LogP contribution in [0, 0.1) is 0 Å². The van der Waals surface area contributed by atoms with E-state index < -0.39 is 0 Å². The summed E-state index contributed by atoms with van der Waals surface area (Å²) in [6.45, 7) is 0. The van der Waals surface area contributed by atoms with Gasteiger partial charge in [0, 0.05) is 11.1 Å². The van der Waals surface area contributed by atoms with Crippen LogP contribution in [-0.4, -0.2) is 0 Å². The molecule has 0 unspecified atom stereocenters. The molecule has 0 atom stereocenters. The molecule has 0 saturated heterocycles. The third-order valence-electron chi connectivity index (χ3n) is 5.13. The van der Waals surface area contributed by atoms with E-state index in [9.17, 15) is 0 Å². The molecule has 0 aliphatic heterocycles. The molecule has 33 heavy (non-hydrogen) atoms. The second kappa shape index (κ2) is 10.3. The number of rotatable bonds is 2. The molecular weight excluding hydrogens is 432 g/mol. The summed E-state index contributed by atoms with van der Waals surface area (Å²) in [5.41, 5.74) is 53.1. The maximum atomic E-state index is 5.92. The van der Waals surface area contributed by atoms with Crippen molar-refractivity contribution in [3.05, 3.63) is 72.8 Å². The molecule has 0 bridgehead atoms. The third-order valence-corrected chi connectivity index (χ3v) is 5.13. The van der Waals surface area contributed by atoms with Gasteiger partial charge in [-0.1, -0.05) is 60.7 Å². The Morgan fingerprint density at radius 1 is 0.364 bits per heavy atom. The van der Waals surface area contributed by atoms with Gasteiger partial charge in [-0.3, -0.25) is 0 Å². The fourth-order valence-corrected chi connectivity index (χ4v) is 3.23. The van der Waals surface area contributed by atoms with Crippen molar-refractivity contribution in [2.45, 2.75) is 0 Å². The minimum atomic E-state index is 0. The van der Waals surface area contributed by atoms with Crippen LogP contribution in [0.5, 0.6) is 0 Å². The number of anilines is 8. The topological polar surface area (TPSA) is 208 Å². The molecule has 0 radical (unpaired) electrons. The van der Waals surface area contributed by atoms with Crippen molar-refractivity contribution in [1.82, 2.24) is 0 Å². The standard InChI is InChI=1S/2C12H14N4.H2S/c2*13-9-6-8(7-4-2-1-3-5-7)10(14)12(16)11(9)15;/h2*1-6H,13-16H2;1H2. The lowest BCUT2D eigenvalue weighted by molar-refractivity contribution is 1.59. The highest BCUT2D eigenvalue weighted by molar-refractivity contribution is 7.59. The van der Waals surface area contributed by atoms with Gasteiger partial charge in [-0.25, -0.2) is 0 Å². The van der Waals surface area contributed by atoms with Crippen molar-refractivity contribution >= 4 is 59.0 Å². The van der Waals surface area contributed by atoms with E-state index in [1.807, 2.05) is 60.7 Å². The monoisotopic (exact) mass is 462 g/mol. The number of nitrogens with two attached hydrogens (primary N) is 8. The smallest absolute Gasteiger partial charge is 0.0809 e. The van der Waals surface area contributed by atoms with Gasteiger partial charge < -0.3 is 45.9 Å². The van der Waals surface area contributed by atoms with Crippen molar-refractivity contribution in [1.29, 1.82) is 0 Å². The quantitative estimate of drug-likeness (QED) is 0.206. The molecule has 4 aromatic carbocycles. The van der Waals surface area contributed by atoms with Crippen molar-refractivity contribution in [3.8, 4) is 22.3 Å². The van der Waals surface area contributed by atoms with Crippen molar-refractivity contribution in [3.63, 3.8) is 0 Å². The molecule has 0 fully saturated rings. The van der Waals surface area contributed by atoms with Crippen LogP contribution in [0.2, 0.25) is 0 Å². The van der Waals surface area contributed by atoms with Gasteiger partial charge in [0.15, 0.2) is 0 Å². The zero-order valence-electron chi connectivity index (χ0n) is 18.0. The number of benzene rings is 4. The molecule has 0 amide bonds. The van der Waals surface area contributed by atoms with Gasteiger partial charge >= 0.3 is 0 Å². The van der Waals surface area contributed by atoms with Crippen molar-refractivity contribution in [2.75, 3.05) is 45.9 Å². The minimum absolute atomic E-state index is 0. The van der Waals surface area contributed by atoms with Gasteiger partial charge in [0.25, 0.3) is 0 Å². The summed E-state index contributed by atoms with van der Waals surface area (Å²) in [5.74, 6) is 0. The lowest BCUT2D eigenvalue weighted by Crippen LogP contribution is -2.05. The highest BCUT2D eigenvalue weighted by Gasteiger charge is 2.12. The summed E-state index contributed by atoms with van der Waals surface area (Å²) >= 11 is 0. The molecule has 0 aliphatic rings. The van der Waals surface area contributed by atoms with Crippen LogP contribution in [0.3, 0.4) is 0 Å². The summed E-state index contributed by atoms with van der Waals surface area (Å²) in [6.07, 6.45) is 0. The SMILES string of the molecule is Nc1cc(-c2ccccc2)c(N)c(N)c1N.Nc1cc(-c2ccccc2)c(N)c(N)c1N.S. The Hall–Kier alpha value is -4.37. The Balaban J connectivity index is 0.000000227. The van der Waals surface area contributed by atoms with E-state index in [0.717, 1.165) is 22.3 Å². The Morgan fingerprint density at radius 3 is 0.970 bits per heavy atom. The average molecular weight is 463 g/mol. The highest BCUT2D eigenvalue weighted by atomic mass is 32.1. The predicted molar refractivity (Wildman–Crippen MR) is 149 cm³/mol. The molecule has 0 aromatic heterocycles. The first kappa shape index (κ1) is 24.9. The van der Waals surface area contributed by atoms with E-state index in [1.165, 1.54) is 0 Å². The first-order chi connectivity index (χ1) is 15.2. The average Bonchev–Trinajstić information content (AvgIpc) is 2.82. The summed E-state index contributed by atoms with van der Waals surface area (Å²) < 4.78 is 0. The first-order valence-corrected chi connectivity index (χ1v) is 9.79. The van der Waals surface area contributed by atoms with E-state index in [0.29, 0.717) is 45.5 Å². The Labute approximate surface area is 200 Å². The number of hydrogen-bond acceptors (Lipinski definition) is 8. The lowest BCUT2D eigenvalue weighted by atomic mass is 10.0. The molecule has 8 nitrogen and oxygen atoms in total. The van der Waals surface area contributed by atoms with E-state index in [-0.39, 0.29) is 13.5 Å². The zero-order chi connectivity index (χ0) is 23.4. The van der Waals surface area contributed by atoms with Crippen LogP contribution >= 0.6 is 13.5 Å². The Bertz CT molecular complexity index is 1150. The molecular formula is C24H30N8S. The van der Waals surface area contributed by atoms with Gasteiger partial charge in [-0.05, 0) is 23.3 Å². The van der Waals surface area contributed by atoms with Gasteiger partial charge in [0.2, 0.25) is 0 Å². The van der Waals surface area contributed by atoms with Crippen LogP contribution in [-0.2, 0) is 0 Å². The molecule has 4 rings (SSSR count). The zero-order valence-corrected chi connectivity index (χ0v) is 19.0. The minimum Gasteiger partial charge on any atom is -0.397 e. The van der Waals surface area contributed by atoms with Gasteiger partial charge in [0.05, 0.1) is 45.5 Å².